The molecule has 1 aliphatic rings. The first-order chi connectivity index (χ1) is 12.9. The Morgan fingerprint density at radius 1 is 1.11 bits per heavy atom. The van der Waals surface area contributed by atoms with Gasteiger partial charge in [-0.1, -0.05) is 0 Å². The van der Waals surface area contributed by atoms with Crippen LogP contribution in [0.5, 0.6) is 0 Å². The molecule has 6 nitrogen and oxygen atoms in total. The monoisotopic (exact) mass is 366 g/mol. The normalized spacial score (nSPS) is 17.6. The molecule has 0 radical (unpaired) electrons. The van der Waals surface area contributed by atoms with Crippen LogP contribution in [0.15, 0.2) is 48.8 Å². The van der Waals surface area contributed by atoms with Gasteiger partial charge in [0, 0.05) is 38.1 Å². The van der Waals surface area contributed by atoms with Crippen LogP contribution in [-0.4, -0.2) is 57.2 Å². The third-order valence-corrected chi connectivity index (χ3v) is 4.98. The molecule has 0 aliphatic carbocycles. The second kappa shape index (κ2) is 6.50. The Balaban J connectivity index is 1.64. The summed E-state index contributed by atoms with van der Waals surface area (Å²) in [5.74, 6) is -0.536. The highest BCUT2D eigenvalue weighted by Gasteiger charge is 2.33. The zero-order valence-corrected chi connectivity index (χ0v) is 15.1. The summed E-state index contributed by atoms with van der Waals surface area (Å²) in [7, 11) is 1.75. The Morgan fingerprint density at radius 3 is 2.59 bits per heavy atom. The second-order valence-electron chi connectivity index (χ2n) is 6.75. The van der Waals surface area contributed by atoms with Crippen molar-refractivity contribution in [2.45, 2.75) is 13.0 Å². The highest BCUT2D eigenvalue weighted by Crippen LogP contribution is 2.21. The molecule has 1 aliphatic heterocycles. The van der Waals surface area contributed by atoms with E-state index in [-0.39, 0.29) is 17.6 Å². The molecule has 0 spiro atoms. The fourth-order valence-electron chi connectivity index (χ4n) is 3.34. The van der Waals surface area contributed by atoms with Crippen LogP contribution >= 0.6 is 0 Å². The molecule has 3 heterocycles. The third-order valence-electron chi connectivity index (χ3n) is 4.98. The summed E-state index contributed by atoms with van der Waals surface area (Å²) in [5, 5.41) is 0. The lowest BCUT2D eigenvalue weighted by Crippen LogP contribution is -2.56. The van der Waals surface area contributed by atoms with Gasteiger partial charge < -0.3 is 14.2 Å². The lowest BCUT2D eigenvalue weighted by molar-refractivity contribution is -0.137. The summed E-state index contributed by atoms with van der Waals surface area (Å²) in [4.78, 5) is 32.8. The number of hydrogen-bond donors (Lipinski definition) is 0. The van der Waals surface area contributed by atoms with E-state index in [1.165, 1.54) is 12.1 Å². The summed E-state index contributed by atoms with van der Waals surface area (Å²) >= 11 is 0. The molecule has 4 rings (SSSR count). The zero-order valence-electron chi connectivity index (χ0n) is 15.1. The van der Waals surface area contributed by atoms with Gasteiger partial charge in [0.15, 0.2) is 0 Å². The molecule has 0 bridgehead atoms. The van der Waals surface area contributed by atoms with Crippen LogP contribution in [0.1, 0.15) is 17.3 Å². The van der Waals surface area contributed by atoms with Gasteiger partial charge in [0.25, 0.3) is 5.91 Å². The molecule has 0 N–H and O–H groups in total. The van der Waals surface area contributed by atoms with E-state index in [0.29, 0.717) is 30.0 Å². The number of piperazine rings is 1. The number of nitrogens with zero attached hydrogens (tertiary/aromatic N) is 4. The van der Waals surface area contributed by atoms with Gasteiger partial charge in [-0.25, -0.2) is 9.37 Å². The SMILES string of the molecule is C[C@@H]1C(=O)N(C)CCN1C(=O)c1ccc2nc(-c3ccc(F)cc3)cn2c1. The van der Waals surface area contributed by atoms with Crippen molar-refractivity contribution in [2.75, 3.05) is 20.1 Å². The molecule has 1 aromatic carbocycles. The smallest absolute Gasteiger partial charge is 0.256 e. The van der Waals surface area contributed by atoms with Crippen molar-refractivity contribution in [2.24, 2.45) is 0 Å². The van der Waals surface area contributed by atoms with E-state index in [1.807, 2.05) is 0 Å². The van der Waals surface area contributed by atoms with Crippen molar-refractivity contribution in [1.29, 1.82) is 0 Å². The first kappa shape index (κ1) is 17.2. The predicted octanol–water partition coefficient (Wildman–Crippen LogP) is 2.44. The molecule has 1 atom stereocenters. The van der Waals surface area contributed by atoms with Crippen molar-refractivity contribution >= 4 is 17.5 Å². The number of likely N-dealkylation sites (N-methyl/N-ethyl adjacent to an activating group) is 1. The van der Waals surface area contributed by atoms with E-state index in [4.69, 9.17) is 0 Å². The van der Waals surface area contributed by atoms with Crippen LogP contribution < -0.4 is 0 Å². The van der Waals surface area contributed by atoms with Gasteiger partial charge >= 0.3 is 0 Å². The first-order valence-corrected chi connectivity index (χ1v) is 8.74. The molecule has 7 heteroatoms. The van der Waals surface area contributed by atoms with Crippen LogP contribution in [-0.2, 0) is 4.79 Å². The number of hydrogen-bond acceptors (Lipinski definition) is 3. The molecule has 138 valence electrons. The number of aromatic nitrogens is 2. The largest absolute Gasteiger partial charge is 0.342 e. The highest BCUT2D eigenvalue weighted by molar-refractivity contribution is 5.98. The molecular weight excluding hydrogens is 347 g/mol. The van der Waals surface area contributed by atoms with Crippen LogP contribution in [0.2, 0.25) is 0 Å². The molecule has 1 fully saturated rings. The number of imidazole rings is 1. The van der Waals surface area contributed by atoms with E-state index in [2.05, 4.69) is 4.98 Å². The second-order valence-corrected chi connectivity index (χ2v) is 6.75. The number of halogens is 1. The zero-order chi connectivity index (χ0) is 19.1. The van der Waals surface area contributed by atoms with Crippen LogP contribution in [0.4, 0.5) is 4.39 Å². The maximum absolute atomic E-state index is 13.1. The van der Waals surface area contributed by atoms with Crippen LogP contribution in [0, 0.1) is 5.82 Å². The molecule has 2 amide bonds. The molecule has 3 aromatic rings. The summed E-state index contributed by atoms with van der Waals surface area (Å²) in [6.45, 7) is 2.78. The van der Waals surface area contributed by atoms with Gasteiger partial charge in [-0.3, -0.25) is 9.59 Å². The number of benzene rings is 1. The first-order valence-electron chi connectivity index (χ1n) is 8.74. The molecular formula is C20H19FN4O2. The minimum absolute atomic E-state index is 0.0584. The number of fused-ring (bicyclic) bond motifs is 1. The third kappa shape index (κ3) is 3.05. The maximum atomic E-state index is 13.1. The number of rotatable bonds is 2. The summed E-state index contributed by atoms with van der Waals surface area (Å²) in [5.41, 5.74) is 2.68. The summed E-state index contributed by atoms with van der Waals surface area (Å²) in [6, 6.07) is 9.11. The van der Waals surface area contributed by atoms with Crippen LogP contribution in [0.25, 0.3) is 16.9 Å². The maximum Gasteiger partial charge on any atom is 0.256 e. The molecule has 27 heavy (non-hydrogen) atoms. The quantitative estimate of drug-likeness (QED) is 0.700. The van der Waals surface area contributed by atoms with E-state index in [0.717, 1.165) is 5.56 Å². The minimum atomic E-state index is -0.482. The average Bonchev–Trinajstić information content (AvgIpc) is 3.09. The number of amides is 2. The van der Waals surface area contributed by atoms with E-state index in [1.54, 1.807) is 64.8 Å². The fourth-order valence-corrected chi connectivity index (χ4v) is 3.34. The van der Waals surface area contributed by atoms with Crippen molar-refractivity contribution in [3.63, 3.8) is 0 Å². The lowest BCUT2D eigenvalue weighted by Gasteiger charge is -2.37. The summed E-state index contributed by atoms with van der Waals surface area (Å²) in [6.07, 6.45) is 3.52. The van der Waals surface area contributed by atoms with Crippen molar-refractivity contribution in [3.8, 4) is 11.3 Å². The minimum Gasteiger partial charge on any atom is -0.342 e. The van der Waals surface area contributed by atoms with Gasteiger partial charge in [-0.05, 0) is 43.3 Å². The van der Waals surface area contributed by atoms with Crippen molar-refractivity contribution in [3.05, 3.63) is 60.2 Å². The van der Waals surface area contributed by atoms with E-state index >= 15 is 0 Å². The molecule has 1 saturated heterocycles. The molecule has 0 saturated carbocycles. The fraction of sp³-hybridized carbons (Fsp3) is 0.250. The van der Waals surface area contributed by atoms with Crippen LogP contribution in [0.3, 0.4) is 0 Å². The predicted molar refractivity (Wildman–Crippen MR) is 98.7 cm³/mol. The van der Waals surface area contributed by atoms with Gasteiger partial charge in [0.05, 0.1) is 11.3 Å². The molecule has 0 unspecified atom stereocenters. The number of carbonyl (C=O) groups is 2. The standard InChI is InChI=1S/C20H19FN4O2/c1-13-19(26)23(2)9-10-25(13)20(27)15-5-8-18-22-17(12-24(18)11-15)14-3-6-16(21)7-4-14/h3-8,11-13H,9-10H2,1-2H3/t13-/m1/s1. The van der Waals surface area contributed by atoms with Gasteiger partial charge in [0.1, 0.15) is 17.5 Å². The van der Waals surface area contributed by atoms with Crippen molar-refractivity contribution in [1.82, 2.24) is 19.2 Å². The van der Waals surface area contributed by atoms with Gasteiger partial charge in [-0.2, -0.15) is 0 Å². The Kier molecular flexibility index (Phi) is 4.14. The number of pyridine rings is 1. The topological polar surface area (TPSA) is 57.9 Å². The Bertz CT molecular complexity index is 1030. The lowest BCUT2D eigenvalue weighted by atomic mass is 10.1. The molecule has 2 aromatic heterocycles. The summed E-state index contributed by atoms with van der Waals surface area (Å²) < 4.78 is 14.9. The Morgan fingerprint density at radius 2 is 1.85 bits per heavy atom. The highest BCUT2D eigenvalue weighted by atomic mass is 19.1. The van der Waals surface area contributed by atoms with E-state index in [9.17, 15) is 14.0 Å². The van der Waals surface area contributed by atoms with Crippen molar-refractivity contribution < 1.29 is 14.0 Å². The van der Waals surface area contributed by atoms with Gasteiger partial charge in [-0.15, -0.1) is 0 Å². The average molecular weight is 366 g/mol. The van der Waals surface area contributed by atoms with Gasteiger partial charge in [0.2, 0.25) is 5.91 Å². The Hall–Kier alpha value is -3.22. The number of carbonyl (C=O) groups excluding carboxylic acids is 2. The Labute approximate surface area is 155 Å². The van der Waals surface area contributed by atoms with E-state index < -0.39 is 6.04 Å².